The van der Waals surface area contributed by atoms with Crippen LogP contribution in [0, 0.1) is 5.82 Å². The molecule has 148 valence electrons. The highest BCUT2D eigenvalue weighted by Gasteiger charge is 2.43. The molecule has 2 aromatic rings. The molecule has 1 aromatic carbocycles. The Morgan fingerprint density at radius 2 is 1.75 bits per heavy atom. The fraction of sp³-hybridized carbons (Fsp3) is 0.478. The Balaban J connectivity index is 1.52. The third-order valence-corrected chi connectivity index (χ3v) is 6.37. The van der Waals surface area contributed by atoms with Gasteiger partial charge in [0.15, 0.2) is 0 Å². The highest BCUT2D eigenvalue weighted by atomic mass is 19.1. The second-order valence-electron chi connectivity index (χ2n) is 8.15. The van der Waals surface area contributed by atoms with Gasteiger partial charge in [-0.2, -0.15) is 0 Å². The van der Waals surface area contributed by atoms with Crippen molar-refractivity contribution in [3.63, 3.8) is 0 Å². The zero-order valence-corrected chi connectivity index (χ0v) is 16.1. The van der Waals surface area contributed by atoms with Gasteiger partial charge in [0.05, 0.1) is 0 Å². The quantitative estimate of drug-likeness (QED) is 0.819. The van der Waals surface area contributed by atoms with Gasteiger partial charge in [-0.15, -0.1) is 0 Å². The molecule has 0 unspecified atom stereocenters. The molecule has 2 fully saturated rings. The normalized spacial score (nSPS) is 24.7. The first-order valence-electron chi connectivity index (χ1n) is 10.2. The summed E-state index contributed by atoms with van der Waals surface area (Å²) in [5, 5.41) is 9.65. The highest BCUT2D eigenvalue weighted by molar-refractivity contribution is 5.94. The van der Waals surface area contributed by atoms with Crippen molar-refractivity contribution in [3.05, 3.63) is 65.7 Å². The van der Waals surface area contributed by atoms with Crippen LogP contribution < -0.4 is 0 Å². The fourth-order valence-electron chi connectivity index (χ4n) is 4.68. The van der Waals surface area contributed by atoms with Crippen LogP contribution in [0.2, 0.25) is 0 Å². The highest BCUT2D eigenvalue weighted by Crippen LogP contribution is 2.44. The smallest absolute Gasteiger partial charge is 0.254 e. The molecule has 5 heteroatoms. The number of amides is 1. The van der Waals surface area contributed by atoms with Gasteiger partial charge in [0.25, 0.3) is 5.91 Å². The van der Waals surface area contributed by atoms with E-state index in [-0.39, 0.29) is 29.8 Å². The maximum absolute atomic E-state index is 13.2. The molecule has 2 saturated carbocycles. The van der Waals surface area contributed by atoms with Crippen LogP contribution in [0.25, 0.3) is 0 Å². The van der Waals surface area contributed by atoms with Crippen molar-refractivity contribution in [1.29, 1.82) is 0 Å². The maximum Gasteiger partial charge on any atom is 0.254 e. The summed E-state index contributed by atoms with van der Waals surface area (Å²) in [6.45, 7) is 0.141. The summed E-state index contributed by atoms with van der Waals surface area (Å²) in [4.78, 5) is 19.8. The minimum absolute atomic E-state index is 0.0139. The number of halogens is 1. The predicted molar refractivity (Wildman–Crippen MR) is 105 cm³/mol. The van der Waals surface area contributed by atoms with Crippen molar-refractivity contribution >= 4 is 5.91 Å². The summed E-state index contributed by atoms with van der Waals surface area (Å²) in [6, 6.07) is 12.3. The van der Waals surface area contributed by atoms with Crippen LogP contribution in [0.3, 0.4) is 0 Å². The molecule has 1 aromatic heterocycles. The Kier molecular flexibility index (Phi) is 5.44. The van der Waals surface area contributed by atoms with E-state index in [2.05, 4.69) is 16.0 Å². The second kappa shape index (κ2) is 8.00. The lowest BCUT2D eigenvalue weighted by Gasteiger charge is -2.43. The van der Waals surface area contributed by atoms with Crippen molar-refractivity contribution in [2.75, 3.05) is 6.61 Å². The Labute approximate surface area is 165 Å². The van der Waals surface area contributed by atoms with Gasteiger partial charge in [0.2, 0.25) is 0 Å². The maximum atomic E-state index is 13.2. The Bertz CT molecular complexity index is 797. The van der Waals surface area contributed by atoms with Gasteiger partial charge in [-0.1, -0.05) is 6.07 Å². The van der Waals surface area contributed by atoms with Gasteiger partial charge in [0.1, 0.15) is 5.82 Å². The molecule has 1 heterocycles. The molecule has 4 rings (SSSR count). The Morgan fingerprint density at radius 3 is 2.32 bits per heavy atom. The first kappa shape index (κ1) is 19.1. The molecule has 2 aliphatic carbocycles. The average Bonchev–Trinajstić information content (AvgIpc) is 3.56. The third-order valence-electron chi connectivity index (χ3n) is 6.37. The largest absolute Gasteiger partial charge is 0.396 e. The van der Waals surface area contributed by atoms with Crippen molar-refractivity contribution in [3.8, 4) is 0 Å². The van der Waals surface area contributed by atoms with E-state index in [1.54, 1.807) is 12.1 Å². The van der Waals surface area contributed by atoms with Crippen LogP contribution in [0.1, 0.15) is 61.0 Å². The van der Waals surface area contributed by atoms with Crippen LogP contribution >= 0.6 is 0 Å². The fourth-order valence-corrected chi connectivity index (χ4v) is 4.68. The topological polar surface area (TPSA) is 53.4 Å². The summed E-state index contributed by atoms with van der Waals surface area (Å²) in [6.07, 6.45) is 8.24. The van der Waals surface area contributed by atoms with Crippen molar-refractivity contribution in [1.82, 2.24) is 9.88 Å². The SMILES string of the molecule is O=C(c1ccc(F)cc1)N(C1CC1)[C@H]1CC[C@](CCO)(c2ccccn2)CC1. The number of nitrogens with zero attached hydrogens (tertiary/aromatic N) is 2. The first-order valence-corrected chi connectivity index (χ1v) is 10.2. The zero-order chi connectivity index (χ0) is 19.6. The summed E-state index contributed by atoms with van der Waals surface area (Å²) in [7, 11) is 0. The van der Waals surface area contributed by atoms with E-state index in [0.29, 0.717) is 18.0 Å². The molecule has 0 bridgehead atoms. The molecule has 2 aliphatic rings. The predicted octanol–water partition coefficient (Wildman–Crippen LogP) is 4.09. The van der Waals surface area contributed by atoms with Crippen molar-refractivity contribution in [2.45, 2.75) is 62.4 Å². The van der Waals surface area contributed by atoms with Crippen LogP contribution in [0.5, 0.6) is 0 Å². The van der Waals surface area contributed by atoms with Gasteiger partial charge in [-0.05, 0) is 81.3 Å². The number of hydrogen-bond donors (Lipinski definition) is 1. The molecule has 0 spiro atoms. The minimum atomic E-state index is -0.323. The number of rotatable bonds is 6. The van der Waals surface area contributed by atoms with Crippen molar-refractivity contribution in [2.24, 2.45) is 0 Å². The summed E-state index contributed by atoms with van der Waals surface area (Å²) < 4.78 is 13.2. The van der Waals surface area contributed by atoms with Crippen LogP contribution in [0.4, 0.5) is 4.39 Å². The molecule has 0 atom stereocenters. The average molecular weight is 382 g/mol. The lowest BCUT2D eigenvalue weighted by molar-refractivity contribution is 0.0548. The van der Waals surface area contributed by atoms with Gasteiger partial charge < -0.3 is 10.0 Å². The van der Waals surface area contributed by atoms with E-state index in [1.165, 1.54) is 12.1 Å². The van der Waals surface area contributed by atoms with E-state index >= 15 is 0 Å². The number of carbonyl (C=O) groups excluding carboxylic acids is 1. The van der Waals surface area contributed by atoms with E-state index in [4.69, 9.17) is 0 Å². The van der Waals surface area contributed by atoms with Gasteiger partial charge in [0, 0.05) is 41.6 Å². The number of pyridine rings is 1. The summed E-state index contributed by atoms with van der Waals surface area (Å²) in [5.74, 6) is -0.309. The van der Waals surface area contributed by atoms with Gasteiger partial charge in [-0.25, -0.2) is 4.39 Å². The second-order valence-corrected chi connectivity index (χ2v) is 8.15. The minimum Gasteiger partial charge on any atom is -0.396 e. The Morgan fingerprint density at radius 1 is 1.07 bits per heavy atom. The number of aliphatic hydroxyl groups excluding tert-OH is 1. The molecule has 4 nitrogen and oxygen atoms in total. The molecular formula is C23H27FN2O2. The molecule has 0 saturated heterocycles. The molecule has 1 N–H and O–H groups in total. The van der Waals surface area contributed by atoms with Crippen molar-refractivity contribution < 1.29 is 14.3 Å². The first-order chi connectivity index (χ1) is 13.6. The number of hydrogen-bond acceptors (Lipinski definition) is 3. The van der Waals surface area contributed by atoms with E-state index in [1.807, 2.05) is 18.3 Å². The van der Waals surface area contributed by atoms with Crippen LogP contribution in [-0.4, -0.2) is 39.6 Å². The zero-order valence-electron chi connectivity index (χ0n) is 16.1. The third kappa shape index (κ3) is 3.81. The molecule has 0 aliphatic heterocycles. The van der Waals surface area contributed by atoms with Gasteiger partial charge >= 0.3 is 0 Å². The van der Waals surface area contributed by atoms with Crippen LogP contribution in [0.15, 0.2) is 48.7 Å². The van der Waals surface area contributed by atoms with Gasteiger partial charge in [-0.3, -0.25) is 9.78 Å². The Hall–Kier alpha value is -2.27. The standard InChI is InChI=1S/C23H27FN2O2/c24-18-6-4-17(5-7-18)22(28)26(19-8-9-19)20-10-12-23(13-11-20,14-16-27)21-3-1-2-15-25-21/h1-7,15,19-20,27H,8-14,16H2/t20-,23-. The van der Waals surface area contributed by atoms with E-state index in [0.717, 1.165) is 44.2 Å². The van der Waals surface area contributed by atoms with E-state index in [9.17, 15) is 14.3 Å². The van der Waals surface area contributed by atoms with E-state index < -0.39 is 0 Å². The molecule has 1 amide bonds. The molecular weight excluding hydrogens is 355 g/mol. The number of carbonyl (C=O) groups is 1. The molecule has 28 heavy (non-hydrogen) atoms. The molecule has 0 radical (unpaired) electrons. The van der Waals surface area contributed by atoms with Crippen LogP contribution in [-0.2, 0) is 5.41 Å². The summed E-state index contributed by atoms with van der Waals surface area (Å²) in [5.41, 5.74) is 1.50. The number of aliphatic hydroxyl groups is 1. The monoisotopic (exact) mass is 382 g/mol. The lowest BCUT2D eigenvalue weighted by Crippen LogP contribution is -2.47. The lowest BCUT2D eigenvalue weighted by atomic mass is 9.68. The summed E-state index contributed by atoms with van der Waals surface area (Å²) >= 11 is 0. The number of aromatic nitrogens is 1. The number of benzene rings is 1.